The van der Waals surface area contributed by atoms with Crippen molar-refractivity contribution in [2.24, 2.45) is 0 Å². The van der Waals surface area contributed by atoms with Crippen LogP contribution in [-0.4, -0.2) is 9.97 Å². The monoisotopic (exact) mass is 330 g/mol. The summed E-state index contributed by atoms with van der Waals surface area (Å²) < 4.78 is 6.03. The van der Waals surface area contributed by atoms with Crippen molar-refractivity contribution in [3.8, 4) is 11.4 Å². The highest BCUT2D eigenvalue weighted by atomic mass is 16.3. The van der Waals surface area contributed by atoms with Gasteiger partial charge in [-0.2, -0.15) is 0 Å². The van der Waals surface area contributed by atoms with Gasteiger partial charge in [-0.15, -0.1) is 0 Å². The van der Waals surface area contributed by atoms with Gasteiger partial charge in [-0.1, -0.05) is 45.9 Å². The van der Waals surface area contributed by atoms with E-state index in [2.05, 4.69) is 45.9 Å². The van der Waals surface area contributed by atoms with Crippen LogP contribution < -0.4 is 0 Å². The summed E-state index contributed by atoms with van der Waals surface area (Å²) >= 11 is 0. The molecule has 4 aromatic rings. The fourth-order valence-corrected chi connectivity index (χ4v) is 3.36. The Morgan fingerprint density at radius 1 is 0.800 bits per heavy atom. The molecule has 3 nitrogen and oxygen atoms in total. The lowest BCUT2D eigenvalue weighted by atomic mass is 9.93. The van der Waals surface area contributed by atoms with E-state index in [-0.39, 0.29) is 0 Å². The van der Waals surface area contributed by atoms with Gasteiger partial charge in [0.2, 0.25) is 0 Å². The van der Waals surface area contributed by atoms with E-state index in [0.29, 0.717) is 11.8 Å². The molecular weight excluding hydrogens is 308 g/mol. The van der Waals surface area contributed by atoms with E-state index in [4.69, 9.17) is 14.4 Å². The van der Waals surface area contributed by atoms with Crippen LogP contribution in [0.25, 0.3) is 33.5 Å². The fraction of sp³-hybridized carbons (Fsp3) is 0.273. The highest BCUT2D eigenvalue weighted by Gasteiger charge is 2.20. The van der Waals surface area contributed by atoms with E-state index in [1.807, 2.05) is 30.5 Å². The minimum Gasteiger partial charge on any atom is -0.454 e. The van der Waals surface area contributed by atoms with Crippen molar-refractivity contribution in [2.45, 2.75) is 39.5 Å². The lowest BCUT2D eigenvalue weighted by Gasteiger charge is -2.16. The topological polar surface area (TPSA) is 38.9 Å². The van der Waals surface area contributed by atoms with Gasteiger partial charge >= 0.3 is 0 Å². The standard InChI is InChI=1S/C22H22N2O/c1-13(2)15-9-7-11-23-21(15)22-17(14(3)4)12-19-20(24-22)16-8-5-6-10-18(16)25-19/h5-14H,1-4H3. The van der Waals surface area contributed by atoms with Crippen molar-refractivity contribution < 1.29 is 4.42 Å². The zero-order valence-corrected chi connectivity index (χ0v) is 15.1. The molecule has 126 valence electrons. The lowest BCUT2D eigenvalue weighted by molar-refractivity contribution is 0.666. The molecule has 0 N–H and O–H groups in total. The average Bonchev–Trinajstić information content (AvgIpc) is 2.98. The van der Waals surface area contributed by atoms with Crippen LogP contribution in [0.5, 0.6) is 0 Å². The SMILES string of the molecule is CC(C)c1cccnc1-c1nc2c(cc1C(C)C)oc1ccccc12. The molecular formula is C22H22N2O. The zero-order valence-electron chi connectivity index (χ0n) is 15.1. The van der Waals surface area contributed by atoms with Crippen molar-refractivity contribution >= 4 is 22.1 Å². The highest BCUT2D eigenvalue weighted by Crippen LogP contribution is 2.36. The normalized spacial score (nSPS) is 11.9. The van der Waals surface area contributed by atoms with Gasteiger partial charge in [-0.05, 0) is 47.2 Å². The minimum absolute atomic E-state index is 0.335. The molecule has 0 aliphatic rings. The van der Waals surface area contributed by atoms with Crippen LogP contribution in [0.15, 0.2) is 53.1 Å². The Kier molecular flexibility index (Phi) is 3.79. The number of rotatable bonds is 3. The highest BCUT2D eigenvalue weighted by molar-refractivity contribution is 6.03. The van der Waals surface area contributed by atoms with Crippen LogP contribution in [0.2, 0.25) is 0 Å². The molecule has 4 rings (SSSR count). The third-order valence-corrected chi connectivity index (χ3v) is 4.69. The average molecular weight is 330 g/mol. The Labute approximate surface area is 147 Å². The van der Waals surface area contributed by atoms with Crippen LogP contribution in [0.1, 0.15) is 50.7 Å². The number of aromatic nitrogens is 2. The maximum Gasteiger partial charge on any atom is 0.154 e. The first kappa shape index (κ1) is 15.8. The smallest absolute Gasteiger partial charge is 0.154 e. The summed E-state index contributed by atoms with van der Waals surface area (Å²) in [5, 5.41) is 1.05. The molecule has 3 aromatic heterocycles. The van der Waals surface area contributed by atoms with Crippen LogP contribution >= 0.6 is 0 Å². The van der Waals surface area contributed by atoms with Crippen LogP contribution in [0, 0.1) is 0 Å². The molecule has 0 unspecified atom stereocenters. The lowest BCUT2D eigenvalue weighted by Crippen LogP contribution is -2.02. The first-order chi connectivity index (χ1) is 12.1. The quantitative estimate of drug-likeness (QED) is 0.443. The van der Waals surface area contributed by atoms with Gasteiger partial charge in [0.25, 0.3) is 0 Å². The predicted molar refractivity (Wildman–Crippen MR) is 103 cm³/mol. The molecule has 0 saturated carbocycles. The fourth-order valence-electron chi connectivity index (χ4n) is 3.36. The molecule has 0 bridgehead atoms. The Hall–Kier alpha value is -2.68. The largest absolute Gasteiger partial charge is 0.454 e. The number of hydrogen-bond acceptors (Lipinski definition) is 3. The molecule has 1 aromatic carbocycles. The van der Waals surface area contributed by atoms with Crippen molar-refractivity contribution in [3.63, 3.8) is 0 Å². The van der Waals surface area contributed by atoms with E-state index in [9.17, 15) is 0 Å². The minimum atomic E-state index is 0.335. The third-order valence-electron chi connectivity index (χ3n) is 4.69. The number of pyridine rings is 2. The van der Waals surface area contributed by atoms with Gasteiger partial charge in [0.05, 0.1) is 11.4 Å². The molecule has 0 spiro atoms. The molecule has 25 heavy (non-hydrogen) atoms. The van der Waals surface area contributed by atoms with E-state index >= 15 is 0 Å². The molecule has 0 atom stereocenters. The van der Waals surface area contributed by atoms with Gasteiger partial charge in [0.1, 0.15) is 11.1 Å². The Morgan fingerprint density at radius 2 is 1.56 bits per heavy atom. The maximum absolute atomic E-state index is 6.03. The van der Waals surface area contributed by atoms with E-state index in [0.717, 1.165) is 33.5 Å². The summed E-state index contributed by atoms with van der Waals surface area (Å²) in [5.74, 6) is 0.726. The first-order valence-electron chi connectivity index (χ1n) is 8.83. The van der Waals surface area contributed by atoms with Crippen LogP contribution in [0.3, 0.4) is 0 Å². The molecule has 0 aliphatic carbocycles. The maximum atomic E-state index is 6.03. The second kappa shape index (κ2) is 5.99. The summed E-state index contributed by atoms with van der Waals surface area (Å²) in [6.45, 7) is 8.77. The van der Waals surface area contributed by atoms with E-state index in [1.165, 1.54) is 11.1 Å². The van der Waals surface area contributed by atoms with Gasteiger partial charge in [0.15, 0.2) is 5.58 Å². The molecule has 0 aliphatic heterocycles. The van der Waals surface area contributed by atoms with E-state index < -0.39 is 0 Å². The summed E-state index contributed by atoms with van der Waals surface area (Å²) in [6, 6.07) is 14.4. The summed E-state index contributed by atoms with van der Waals surface area (Å²) in [7, 11) is 0. The van der Waals surface area contributed by atoms with Crippen molar-refractivity contribution in [3.05, 3.63) is 59.8 Å². The Balaban J connectivity index is 2.08. The molecule has 3 heterocycles. The second-order valence-electron chi connectivity index (χ2n) is 7.12. The number of furan rings is 1. The zero-order chi connectivity index (χ0) is 17.6. The number of fused-ring (bicyclic) bond motifs is 3. The van der Waals surface area contributed by atoms with Gasteiger partial charge < -0.3 is 4.42 Å². The summed E-state index contributed by atoms with van der Waals surface area (Å²) in [6.07, 6.45) is 1.85. The first-order valence-corrected chi connectivity index (χ1v) is 8.83. The summed E-state index contributed by atoms with van der Waals surface area (Å²) in [5.41, 5.74) is 6.98. The molecule has 0 fully saturated rings. The molecule has 0 saturated heterocycles. The third kappa shape index (κ3) is 2.60. The van der Waals surface area contributed by atoms with E-state index in [1.54, 1.807) is 0 Å². The number of nitrogens with zero attached hydrogens (tertiary/aromatic N) is 2. The van der Waals surface area contributed by atoms with Gasteiger partial charge in [-0.3, -0.25) is 4.98 Å². The molecule has 3 heteroatoms. The molecule has 0 amide bonds. The number of benzene rings is 1. The van der Waals surface area contributed by atoms with Crippen molar-refractivity contribution in [2.75, 3.05) is 0 Å². The number of para-hydroxylation sites is 1. The molecule has 0 radical (unpaired) electrons. The predicted octanol–water partition coefficient (Wildman–Crippen LogP) is 6.29. The van der Waals surface area contributed by atoms with Crippen molar-refractivity contribution in [1.82, 2.24) is 9.97 Å². The second-order valence-corrected chi connectivity index (χ2v) is 7.12. The number of hydrogen-bond donors (Lipinski definition) is 0. The van der Waals surface area contributed by atoms with Crippen LogP contribution in [0.4, 0.5) is 0 Å². The van der Waals surface area contributed by atoms with Crippen molar-refractivity contribution in [1.29, 1.82) is 0 Å². The Bertz CT molecular complexity index is 1060. The summed E-state index contributed by atoms with van der Waals surface area (Å²) in [4.78, 5) is 9.73. The van der Waals surface area contributed by atoms with Gasteiger partial charge in [-0.25, -0.2) is 4.98 Å². The van der Waals surface area contributed by atoms with Gasteiger partial charge in [0, 0.05) is 11.6 Å². The Morgan fingerprint density at radius 3 is 2.32 bits per heavy atom. The van der Waals surface area contributed by atoms with Crippen LogP contribution in [-0.2, 0) is 0 Å².